The number of aliphatic imine (C=N–C) groups is 1. The van der Waals surface area contributed by atoms with Crippen molar-refractivity contribution < 1.29 is 4.84 Å². The maximum atomic E-state index is 6.07. The lowest BCUT2D eigenvalue weighted by Gasteiger charge is -2.05. The van der Waals surface area contributed by atoms with Crippen LogP contribution in [-0.2, 0) is 11.3 Å². The van der Waals surface area contributed by atoms with Gasteiger partial charge in [-0.15, -0.1) is 12.3 Å². The Kier molecular flexibility index (Phi) is 7.39. The van der Waals surface area contributed by atoms with Crippen molar-refractivity contribution in [2.75, 3.05) is 6.61 Å². The highest BCUT2D eigenvalue weighted by Gasteiger charge is 2.06. The summed E-state index contributed by atoms with van der Waals surface area (Å²) in [5, 5.41) is 0.979. The molecule has 100 valence electrons. The second kappa shape index (κ2) is 8.84. The Morgan fingerprint density at radius 3 is 2.63 bits per heavy atom. The minimum Gasteiger partial charge on any atom is -0.271 e. The van der Waals surface area contributed by atoms with E-state index in [1.807, 2.05) is 0 Å². The predicted molar refractivity (Wildman–Crippen MR) is 81.2 cm³/mol. The third kappa shape index (κ3) is 5.54. The molecule has 0 amide bonds. The molecule has 19 heavy (non-hydrogen) atoms. The number of hydrogen-bond acceptors (Lipinski definition) is 2. The molecule has 0 radical (unpaired) electrons. The van der Waals surface area contributed by atoms with Crippen molar-refractivity contribution in [1.29, 1.82) is 0 Å². The van der Waals surface area contributed by atoms with Crippen LogP contribution < -0.4 is 5.48 Å². The highest BCUT2D eigenvalue weighted by Crippen LogP contribution is 2.30. The average molecular weight is 318 g/mol. The van der Waals surface area contributed by atoms with Crippen LogP contribution in [0.3, 0.4) is 0 Å². The van der Waals surface area contributed by atoms with Crippen LogP contribution in [-0.4, -0.2) is 12.9 Å². The van der Waals surface area contributed by atoms with Gasteiger partial charge in [0.1, 0.15) is 6.34 Å². The van der Waals surface area contributed by atoms with Gasteiger partial charge in [-0.3, -0.25) is 10.3 Å². The fourth-order valence-electron chi connectivity index (χ4n) is 1.21. The topological polar surface area (TPSA) is 33.6 Å². The first kappa shape index (κ1) is 15.9. The van der Waals surface area contributed by atoms with Crippen molar-refractivity contribution in [2.24, 2.45) is 4.99 Å². The minimum atomic E-state index is 0.331. The molecule has 0 unspecified atom stereocenters. The molecule has 0 spiro atoms. The summed E-state index contributed by atoms with van der Waals surface area (Å²) in [5.41, 5.74) is 5.21. The molecule has 1 rings (SSSR count). The molecule has 0 saturated heterocycles. The first-order valence-electron chi connectivity index (χ1n) is 5.25. The Balaban J connectivity index is 2.65. The van der Waals surface area contributed by atoms with E-state index in [1.54, 1.807) is 18.2 Å². The second-order valence-corrected chi connectivity index (χ2v) is 4.38. The van der Waals surface area contributed by atoms with Crippen LogP contribution in [0.5, 0.6) is 0 Å². The number of hydroxylamine groups is 1. The third-order valence-electron chi connectivity index (χ3n) is 2.02. The Labute approximate surface area is 127 Å². The maximum Gasteiger partial charge on any atom is 0.113 e. The van der Waals surface area contributed by atoms with E-state index in [2.05, 4.69) is 16.4 Å². The van der Waals surface area contributed by atoms with Gasteiger partial charge in [0.25, 0.3) is 0 Å². The van der Waals surface area contributed by atoms with Gasteiger partial charge >= 0.3 is 0 Å². The van der Waals surface area contributed by atoms with Crippen LogP contribution >= 0.6 is 34.8 Å². The highest BCUT2D eigenvalue weighted by molar-refractivity contribution is 6.36. The summed E-state index contributed by atoms with van der Waals surface area (Å²) >= 11 is 17.5. The van der Waals surface area contributed by atoms with Gasteiger partial charge < -0.3 is 0 Å². The predicted octanol–water partition coefficient (Wildman–Crippen LogP) is 4.10. The molecule has 1 N–H and O–H groups in total. The molecule has 0 atom stereocenters. The summed E-state index contributed by atoms with van der Waals surface area (Å²) < 4.78 is 0. The van der Waals surface area contributed by atoms with Crippen LogP contribution in [0.2, 0.25) is 10.0 Å². The zero-order chi connectivity index (χ0) is 14.1. The maximum absolute atomic E-state index is 6.07. The van der Waals surface area contributed by atoms with Gasteiger partial charge in [-0.1, -0.05) is 34.8 Å². The van der Waals surface area contributed by atoms with Crippen molar-refractivity contribution in [3.63, 3.8) is 0 Å². The fraction of sp³-hybridized carbons (Fsp3) is 0.154. The number of benzene rings is 1. The van der Waals surface area contributed by atoms with Crippen molar-refractivity contribution in [3.05, 3.63) is 39.4 Å². The summed E-state index contributed by atoms with van der Waals surface area (Å²) in [6.45, 7) is 0.331. The van der Waals surface area contributed by atoms with E-state index in [0.717, 1.165) is 5.56 Å². The summed E-state index contributed by atoms with van der Waals surface area (Å²) in [7, 11) is 0. The lowest BCUT2D eigenvalue weighted by atomic mass is 10.1. The molecule has 0 aromatic heterocycles. The van der Waals surface area contributed by atoms with Crippen molar-refractivity contribution in [3.8, 4) is 12.3 Å². The van der Waals surface area contributed by atoms with E-state index in [-0.39, 0.29) is 0 Å². The molecular weight excluding hydrogens is 307 g/mol. The van der Waals surface area contributed by atoms with Gasteiger partial charge in [0.2, 0.25) is 0 Å². The summed E-state index contributed by atoms with van der Waals surface area (Å²) in [6, 6.07) is 3.36. The van der Waals surface area contributed by atoms with Gasteiger partial charge in [0, 0.05) is 27.6 Å². The summed E-state index contributed by atoms with van der Waals surface area (Å²) in [6.07, 6.45) is 8.63. The lowest BCUT2D eigenvalue weighted by molar-refractivity contribution is 0.114. The van der Waals surface area contributed by atoms with E-state index in [4.69, 9.17) is 46.1 Å². The molecular formula is C13H11Cl3N2O. The van der Waals surface area contributed by atoms with Gasteiger partial charge in [-0.05, 0) is 18.2 Å². The van der Waals surface area contributed by atoms with Crippen molar-refractivity contribution >= 4 is 46.8 Å². The van der Waals surface area contributed by atoms with Gasteiger partial charge in [0.05, 0.1) is 12.3 Å². The molecule has 1 aromatic carbocycles. The SMILES string of the molecule is C#CCc1c(Cl)cc(N=CNOC/C=C/Cl)cc1Cl. The molecule has 0 aliphatic heterocycles. The Bertz CT molecular complexity index is 498. The monoisotopic (exact) mass is 316 g/mol. The molecule has 1 aromatic rings. The van der Waals surface area contributed by atoms with E-state index in [0.29, 0.717) is 28.8 Å². The fourth-order valence-corrected chi connectivity index (χ4v) is 1.89. The second-order valence-electron chi connectivity index (χ2n) is 3.32. The smallest absolute Gasteiger partial charge is 0.113 e. The van der Waals surface area contributed by atoms with Crippen LogP contribution in [0, 0.1) is 12.3 Å². The number of hydrogen-bond donors (Lipinski definition) is 1. The van der Waals surface area contributed by atoms with Crippen LogP contribution in [0.15, 0.2) is 28.7 Å². The average Bonchev–Trinajstić information content (AvgIpc) is 2.38. The van der Waals surface area contributed by atoms with Crippen molar-refractivity contribution in [2.45, 2.75) is 6.42 Å². The Morgan fingerprint density at radius 1 is 1.37 bits per heavy atom. The summed E-state index contributed by atoms with van der Waals surface area (Å²) in [5.74, 6) is 2.50. The van der Waals surface area contributed by atoms with E-state index in [1.165, 1.54) is 11.9 Å². The largest absolute Gasteiger partial charge is 0.271 e. The molecule has 0 heterocycles. The summed E-state index contributed by atoms with van der Waals surface area (Å²) in [4.78, 5) is 9.04. The van der Waals surface area contributed by atoms with E-state index >= 15 is 0 Å². The molecule has 0 aliphatic carbocycles. The van der Waals surface area contributed by atoms with E-state index in [9.17, 15) is 0 Å². The van der Waals surface area contributed by atoms with E-state index < -0.39 is 0 Å². The first-order chi connectivity index (χ1) is 9.19. The third-order valence-corrected chi connectivity index (χ3v) is 2.88. The quantitative estimate of drug-likeness (QED) is 0.282. The zero-order valence-corrected chi connectivity index (χ0v) is 12.1. The minimum absolute atomic E-state index is 0.331. The molecule has 0 saturated carbocycles. The Morgan fingerprint density at radius 2 is 2.05 bits per heavy atom. The number of halogens is 3. The van der Waals surface area contributed by atoms with Crippen molar-refractivity contribution in [1.82, 2.24) is 5.48 Å². The number of nitrogens with one attached hydrogen (secondary N) is 1. The Hall–Kier alpha value is -1.18. The van der Waals surface area contributed by atoms with Gasteiger partial charge in [0.15, 0.2) is 0 Å². The molecule has 6 heteroatoms. The lowest BCUT2D eigenvalue weighted by Crippen LogP contribution is -2.11. The van der Waals surface area contributed by atoms with Crippen LogP contribution in [0.4, 0.5) is 5.69 Å². The molecule has 0 fully saturated rings. The van der Waals surface area contributed by atoms with Crippen LogP contribution in [0.1, 0.15) is 5.56 Å². The number of nitrogens with zero attached hydrogens (tertiary/aromatic N) is 1. The van der Waals surface area contributed by atoms with Crippen LogP contribution in [0.25, 0.3) is 0 Å². The van der Waals surface area contributed by atoms with Gasteiger partial charge in [-0.2, -0.15) is 0 Å². The molecule has 0 aliphatic rings. The number of rotatable bonds is 6. The first-order valence-corrected chi connectivity index (χ1v) is 6.44. The zero-order valence-electron chi connectivity index (χ0n) is 9.87. The van der Waals surface area contributed by atoms with Gasteiger partial charge in [-0.25, -0.2) is 4.99 Å². The molecule has 0 bridgehead atoms. The molecule has 3 nitrogen and oxygen atoms in total. The highest BCUT2D eigenvalue weighted by atomic mass is 35.5. The standard InChI is InChI=1S/C13H11Cl3N2O/c1-2-4-11-12(15)7-10(8-13(11)16)17-9-18-19-6-3-5-14/h1,3,5,7-9H,4,6H2,(H,17,18)/b5-3+. The normalized spacial score (nSPS) is 11.1. The number of terminal acetylenes is 1.